The normalized spacial score (nSPS) is 22.9. The molecule has 0 aromatic carbocycles. The Morgan fingerprint density at radius 3 is 2.72 bits per heavy atom. The van der Waals surface area contributed by atoms with Gasteiger partial charge in [0, 0.05) is 19.3 Å². The van der Waals surface area contributed by atoms with Crippen molar-refractivity contribution in [3.63, 3.8) is 0 Å². The van der Waals surface area contributed by atoms with Crippen LogP contribution in [0.4, 0.5) is 0 Å². The first kappa shape index (κ1) is 15.4. The van der Waals surface area contributed by atoms with Gasteiger partial charge in [0.05, 0.1) is 11.8 Å². The van der Waals surface area contributed by atoms with Crippen LogP contribution in [0.1, 0.15) is 12.8 Å². The second kappa shape index (κ2) is 6.49. The van der Waals surface area contributed by atoms with Crippen molar-refractivity contribution >= 4 is 15.7 Å². The number of rotatable bonds is 6. The molecule has 106 valence electrons. The molecule has 1 saturated heterocycles. The summed E-state index contributed by atoms with van der Waals surface area (Å²) in [5.41, 5.74) is 5.65. The second-order valence-corrected chi connectivity index (χ2v) is 7.45. The van der Waals surface area contributed by atoms with E-state index >= 15 is 0 Å². The summed E-state index contributed by atoms with van der Waals surface area (Å²) in [6.45, 7) is 2.66. The molecule has 1 rings (SSSR count). The Morgan fingerprint density at radius 2 is 2.22 bits per heavy atom. The SMILES string of the molecule is CN1CCC(CNC(=O)C(N)CCS(C)(=O)=O)C1. The number of carbonyl (C=O) groups is 1. The van der Waals surface area contributed by atoms with Crippen molar-refractivity contribution in [1.82, 2.24) is 10.2 Å². The second-order valence-electron chi connectivity index (χ2n) is 5.19. The number of carbonyl (C=O) groups excluding carboxylic acids is 1. The van der Waals surface area contributed by atoms with Gasteiger partial charge >= 0.3 is 0 Å². The van der Waals surface area contributed by atoms with Gasteiger partial charge in [-0.3, -0.25) is 4.79 Å². The summed E-state index contributed by atoms with van der Waals surface area (Å²) in [5.74, 6) is 0.169. The molecule has 2 unspecified atom stereocenters. The Balaban J connectivity index is 2.23. The molecule has 1 fully saturated rings. The average Bonchev–Trinajstić information content (AvgIpc) is 2.67. The average molecular weight is 277 g/mol. The largest absolute Gasteiger partial charge is 0.354 e. The smallest absolute Gasteiger partial charge is 0.236 e. The van der Waals surface area contributed by atoms with Gasteiger partial charge in [0.25, 0.3) is 0 Å². The zero-order valence-electron chi connectivity index (χ0n) is 11.1. The fraction of sp³-hybridized carbons (Fsp3) is 0.909. The van der Waals surface area contributed by atoms with Gasteiger partial charge < -0.3 is 16.0 Å². The van der Waals surface area contributed by atoms with Gasteiger partial charge in [0.1, 0.15) is 9.84 Å². The van der Waals surface area contributed by atoms with Crippen molar-refractivity contribution in [3.05, 3.63) is 0 Å². The molecule has 1 aliphatic heterocycles. The maximum atomic E-state index is 11.7. The highest BCUT2D eigenvalue weighted by atomic mass is 32.2. The van der Waals surface area contributed by atoms with Crippen LogP contribution in [0.15, 0.2) is 0 Å². The molecule has 1 heterocycles. The van der Waals surface area contributed by atoms with E-state index in [1.807, 2.05) is 0 Å². The van der Waals surface area contributed by atoms with Gasteiger partial charge in [-0.25, -0.2) is 8.42 Å². The number of hydrogen-bond donors (Lipinski definition) is 2. The molecule has 0 aromatic rings. The van der Waals surface area contributed by atoms with Crippen molar-refractivity contribution in [2.75, 3.05) is 38.7 Å². The summed E-state index contributed by atoms with van der Waals surface area (Å²) < 4.78 is 21.9. The van der Waals surface area contributed by atoms with E-state index < -0.39 is 15.9 Å². The topological polar surface area (TPSA) is 92.5 Å². The number of likely N-dealkylation sites (tertiary alicyclic amines) is 1. The number of nitrogens with one attached hydrogen (secondary N) is 1. The summed E-state index contributed by atoms with van der Waals surface area (Å²) in [7, 11) is -1.00. The molecular weight excluding hydrogens is 254 g/mol. The van der Waals surface area contributed by atoms with Gasteiger partial charge in [-0.2, -0.15) is 0 Å². The summed E-state index contributed by atoms with van der Waals surface area (Å²) in [5, 5.41) is 2.80. The van der Waals surface area contributed by atoms with Crippen LogP contribution in [-0.2, 0) is 14.6 Å². The van der Waals surface area contributed by atoms with Gasteiger partial charge in [-0.15, -0.1) is 0 Å². The lowest BCUT2D eigenvalue weighted by molar-refractivity contribution is -0.122. The predicted octanol–water partition coefficient (Wildman–Crippen LogP) is -1.18. The molecular formula is C11H23N3O3S. The molecule has 0 spiro atoms. The number of amides is 1. The van der Waals surface area contributed by atoms with Crippen LogP contribution in [0.2, 0.25) is 0 Å². The first-order chi connectivity index (χ1) is 8.28. The zero-order chi connectivity index (χ0) is 13.8. The Hall–Kier alpha value is -0.660. The number of hydrogen-bond acceptors (Lipinski definition) is 5. The van der Waals surface area contributed by atoms with E-state index in [1.165, 1.54) is 0 Å². The highest BCUT2D eigenvalue weighted by Crippen LogP contribution is 2.12. The first-order valence-electron chi connectivity index (χ1n) is 6.17. The summed E-state index contributed by atoms with van der Waals surface area (Å²) in [4.78, 5) is 13.9. The van der Waals surface area contributed by atoms with Crippen LogP contribution in [0.5, 0.6) is 0 Å². The van der Waals surface area contributed by atoms with E-state index in [9.17, 15) is 13.2 Å². The van der Waals surface area contributed by atoms with E-state index in [4.69, 9.17) is 5.73 Å². The quantitative estimate of drug-likeness (QED) is 0.637. The molecule has 0 saturated carbocycles. The lowest BCUT2D eigenvalue weighted by Crippen LogP contribution is -2.43. The van der Waals surface area contributed by atoms with Crippen molar-refractivity contribution < 1.29 is 13.2 Å². The fourth-order valence-corrected chi connectivity index (χ4v) is 2.72. The molecule has 0 bridgehead atoms. The van der Waals surface area contributed by atoms with Crippen LogP contribution >= 0.6 is 0 Å². The third kappa shape index (κ3) is 5.79. The molecule has 1 amide bonds. The minimum Gasteiger partial charge on any atom is -0.354 e. The van der Waals surface area contributed by atoms with Crippen LogP contribution < -0.4 is 11.1 Å². The number of nitrogens with two attached hydrogens (primary N) is 1. The Bertz CT molecular complexity index is 383. The summed E-state index contributed by atoms with van der Waals surface area (Å²) in [6, 6.07) is -0.737. The molecule has 0 aromatic heterocycles. The predicted molar refractivity (Wildman–Crippen MR) is 70.9 cm³/mol. The third-order valence-electron chi connectivity index (χ3n) is 3.19. The van der Waals surface area contributed by atoms with E-state index in [-0.39, 0.29) is 18.1 Å². The van der Waals surface area contributed by atoms with Crippen LogP contribution in [0.25, 0.3) is 0 Å². The monoisotopic (exact) mass is 277 g/mol. The molecule has 18 heavy (non-hydrogen) atoms. The van der Waals surface area contributed by atoms with E-state index in [2.05, 4.69) is 17.3 Å². The van der Waals surface area contributed by atoms with Crippen molar-refractivity contribution in [2.45, 2.75) is 18.9 Å². The van der Waals surface area contributed by atoms with Crippen LogP contribution in [0, 0.1) is 5.92 Å². The maximum absolute atomic E-state index is 11.7. The Morgan fingerprint density at radius 1 is 1.56 bits per heavy atom. The van der Waals surface area contributed by atoms with Gasteiger partial charge in [-0.1, -0.05) is 0 Å². The van der Waals surface area contributed by atoms with Crippen LogP contribution in [-0.4, -0.2) is 64.0 Å². The molecule has 2 atom stereocenters. The van der Waals surface area contributed by atoms with Crippen molar-refractivity contribution in [2.24, 2.45) is 11.7 Å². The van der Waals surface area contributed by atoms with Gasteiger partial charge in [0.2, 0.25) is 5.91 Å². The van der Waals surface area contributed by atoms with Crippen molar-refractivity contribution in [1.29, 1.82) is 0 Å². The lowest BCUT2D eigenvalue weighted by atomic mass is 10.1. The standard InChI is InChI=1S/C11H23N3O3S/c1-14-5-3-9(8-14)7-13-11(15)10(12)4-6-18(2,16)17/h9-10H,3-8,12H2,1-2H3,(H,13,15). The first-order valence-corrected chi connectivity index (χ1v) is 8.23. The Kier molecular flexibility index (Phi) is 5.55. The highest BCUT2D eigenvalue weighted by molar-refractivity contribution is 7.90. The summed E-state index contributed by atoms with van der Waals surface area (Å²) >= 11 is 0. The van der Waals surface area contributed by atoms with E-state index in [0.717, 1.165) is 25.8 Å². The van der Waals surface area contributed by atoms with Crippen LogP contribution in [0.3, 0.4) is 0 Å². The third-order valence-corrected chi connectivity index (χ3v) is 4.17. The van der Waals surface area contributed by atoms with Crippen molar-refractivity contribution in [3.8, 4) is 0 Å². The van der Waals surface area contributed by atoms with E-state index in [0.29, 0.717) is 12.5 Å². The fourth-order valence-electron chi connectivity index (χ4n) is 2.04. The maximum Gasteiger partial charge on any atom is 0.236 e. The Labute approximate surface area is 109 Å². The minimum atomic E-state index is -3.06. The summed E-state index contributed by atoms with van der Waals surface area (Å²) in [6.07, 6.45) is 2.40. The number of nitrogens with zero attached hydrogens (tertiary/aromatic N) is 1. The molecule has 7 heteroatoms. The molecule has 6 nitrogen and oxygen atoms in total. The zero-order valence-corrected chi connectivity index (χ0v) is 11.9. The molecule has 0 radical (unpaired) electrons. The molecule has 0 aliphatic carbocycles. The minimum absolute atomic E-state index is 0.0479. The lowest BCUT2D eigenvalue weighted by Gasteiger charge is -2.15. The highest BCUT2D eigenvalue weighted by Gasteiger charge is 2.21. The number of sulfone groups is 1. The van der Waals surface area contributed by atoms with Gasteiger partial charge in [-0.05, 0) is 32.4 Å². The van der Waals surface area contributed by atoms with E-state index in [1.54, 1.807) is 0 Å². The molecule has 3 N–H and O–H groups in total. The molecule has 1 aliphatic rings. The van der Waals surface area contributed by atoms with Gasteiger partial charge in [0.15, 0.2) is 0 Å².